The number of nitrogen functional groups attached to an aromatic ring is 1. The van der Waals surface area contributed by atoms with Crippen molar-refractivity contribution in [1.82, 2.24) is 0 Å². The van der Waals surface area contributed by atoms with Crippen LogP contribution in [0.4, 0.5) is 5.69 Å². The normalized spacial score (nSPS) is 10.2. The van der Waals surface area contributed by atoms with Gasteiger partial charge in [0.15, 0.2) is 0 Å². The van der Waals surface area contributed by atoms with Crippen molar-refractivity contribution in [2.45, 2.75) is 6.92 Å². The summed E-state index contributed by atoms with van der Waals surface area (Å²) >= 11 is 1.37. The van der Waals surface area contributed by atoms with Gasteiger partial charge in [-0.3, -0.25) is 0 Å². The molecule has 0 atom stereocenters. The molecule has 0 bridgehead atoms. The van der Waals surface area contributed by atoms with Gasteiger partial charge in [0, 0.05) is 4.88 Å². The van der Waals surface area contributed by atoms with Crippen LogP contribution in [-0.4, -0.2) is 13.1 Å². The number of nitrogens with two attached hydrogens (primary N) is 1. The maximum absolute atomic E-state index is 11.5. The quantitative estimate of drug-likeness (QED) is 0.830. The van der Waals surface area contributed by atoms with Crippen LogP contribution < -0.4 is 5.73 Å². The predicted octanol–water partition coefficient (Wildman–Crippen LogP) is 3.09. The number of ether oxygens (including phenoxy) is 1. The third-order valence-corrected chi connectivity index (χ3v) is 3.94. The summed E-state index contributed by atoms with van der Waals surface area (Å²) in [5.41, 5.74) is 8.44. The van der Waals surface area contributed by atoms with Gasteiger partial charge in [-0.05, 0) is 18.1 Å². The van der Waals surface area contributed by atoms with E-state index in [1.807, 2.05) is 37.3 Å². The average Bonchev–Trinajstić information content (AvgIpc) is 2.67. The summed E-state index contributed by atoms with van der Waals surface area (Å²) in [4.78, 5) is 13.0. The summed E-state index contributed by atoms with van der Waals surface area (Å²) in [6.45, 7) is 1.92. The first-order valence-corrected chi connectivity index (χ1v) is 5.99. The highest BCUT2D eigenvalue weighted by molar-refractivity contribution is 7.18. The molecule has 0 spiro atoms. The minimum atomic E-state index is -0.377. The second-order valence-electron chi connectivity index (χ2n) is 3.66. The molecule has 0 saturated heterocycles. The Morgan fingerprint density at radius 2 is 1.94 bits per heavy atom. The summed E-state index contributed by atoms with van der Waals surface area (Å²) in [5, 5.41) is 0. The van der Waals surface area contributed by atoms with Gasteiger partial charge in [-0.1, -0.05) is 30.3 Å². The molecule has 0 fully saturated rings. The van der Waals surface area contributed by atoms with Crippen LogP contribution in [0.2, 0.25) is 0 Å². The zero-order valence-corrected chi connectivity index (χ0v) is 10.5. The number of esters is 1. The van der Waals surface area contributed by atoms with Gasteiger partial charge in [-0.15, -0.1) is 11.3 Å². The van der Waals surface area contributed by atoms with Gasteiger partial charge in [0.25, 0.3) is 0 Å². The number of rotatable bonds is 2. The van der Waals surface area contributed by atoms with Gasteiger partial charge >= 0.3 is 5.97 Å². The van der Waals surface area contributed by atoms with Crippen molar-refractivity contribution in [2.24, 2.45) is 0 Å². The number of methoxy groups -OCH3 is 1. The molecule has 0 unspecified atom stereocenters. The summed E-state index contributed by atoms with van der Waals surface area (Å²) in [6, 6.07) is 9.88. The molecule has 2 N–H and O–H groups in total. The number of thiophene rings is 1. The van der Waals surface area contributed by atoms with Gasteiger partial charge in [0.2, 0.25) is 0 Å². The van der Waals surface area contributed by atoms with E-state index in [0.717, 1.165) is 16.0 Å². The minimum absolute atomic E-state index is 0.377. The molecular weight excluding hydrogens is 234 g/mol. The molecule has 1 aromatic carbocycles. The second-order valence-corrected chi connectivity index (χ2v) is 4.68. The van der Waals surface area contributed by atoms with Gasteiger partial charge in [0.05, 0.1) is 12.8 Å². The van der Waals surface area contributed by atoms with Crippen LogP contribution in [-0.2, 0) is 4.74 Å². The first-order valence-electron chi connectivity index (χ1n) is 5.17. The Bertz CT molecular complexity index is 546. The molecule has 0 aliphatic carbocycles. The van der Waals surface area contributed by atoms with Crippen molar-refractivity contribution >= 4 is 23.0 Å². The van der Waals surface area contributed by atoms with E-state index in [4.69, 9.17) is 10.5 Å². The van der Waals surface area contributed by atoms with Crippen LogP contribution in [0, 0.1) is 6.92 Å². The highest BCUT2D eigenvalue weighted by Gasteiger charge is 2.19. The van der Waals surface area contributed by atoms with E-state index >= 15 is 0 Å². The molecule has 0 aliphatic heterocycles. The van der Waals surface area contributed by atoms with Gasteiger partial charge in [0.1, 0.15) is 4.88 Å². The van der Waals surface area contributed by atoms with Crippen molar-refractivity contribution < 1.29 is 9.53 Å². The maximum atomic E-state index is 11.5. The van der Waals surface area contributed by atoms with E-state index in [0.29, 0.717) is 10.6 Å². The Hall–Kier alpha value is -1.81. The van der Waals surface area contributed by atoms with Gasteiger partial charge in [-0.25, -0.2) is 4.79 Å². The summed E-state index contributed by atoms with van der Waals surface area (Å²) < 4.78 is 4.71. The van der Waals surface area contributed by atoms with Crippen LogP contribution >= 0.6 is 11.3 Å². The number of hydrogen-bond donors (Lipinski definition) is 1. The Balaban J connectivity index is 2.54. The standard InChI is InChI=1S/C13H13NO2S/c1-8-10(14)12(13(15)16-2)17-11(8)9-6-4-3-5-7-9/h3-7H,14H2,1-2H3. The van der Waals surface area contributed by atoms with Crippen molar-refractivity contribution in [3.63, 3.8) is 0 Å². The molecule has 17 heavy (non-hydrogen) atoms. The smallest absolute Gasteiger partial charge is 0.350 e. The zero-order chi connectivity index (χ0) is 12.4. The number of carbonyl (C=O) groups excluding carboxylic acids is 1. The number of hydrogen-bond acceptors (Lipinski definition) is 4. The van der Waals surface area contributed by atoms with E-state index in [1.54, 1.807) is 0 Å². The van der Waals surface area contributed by atoms with E-state index in [-0.39, 0.29) is 5.97 Å². The Kier molecular flexibility index (Phi) is 3.15. The van der Waals surface area contributed by atoms with Gasteiger partial charge in [-0.2, -0.15) is 0 Å². The van der Waals surface area contributed by atoms with Crippen molar-refractivity contribution in [2.75, 3.05) is 12.8 Å². The van der Waals surface area contributed by atoms with Crippen LogP contribution in [0.1, 0.15) is 15.2 Å². The first kappa shape index (κ1) is 11.7. The van der Waals surface area contributed by atoms with E-state index < -0.39 is 0 Å². The lowest BCUT2D eigenvalue weighted by atomic mass is 10.1. The molecule has 3 nitrogen and oxygen atoms in total. The van der Waals surface area contributed by atoms with Crippen LogP contribution in [0.15, 0.2) is 30.3 Å². The fourth-order valence-electron chi connectivity index (χ4n) is 1.64. The monoisotopic (exact) mass is 247 g/mol. The zero-order valence-electron chi connectivity index (χ0n) is 9.69. The molecule has 88 valence electrons. The second kappa shape index (κ2) is 4.59. The maximum Gasteiger partial charge on any atom is 0.350 e. The van der Waals surface area contributed by atoms with Crippen LogP contribution in [0.3, 0.4) is 0 Å². The van der Waals surface area contributed by atoms with Crippen LogP contribution in [0.25, 0.3) is 10.4 Å². The molecular formula is C13H13NO2S. The van der Waals surface area contributed by atoms with E-state index in [2.05, 4.69) is 0 Å². The molecule has 0 aliphatic rings. The molecule has 2 aromatic rings. The highest BCUT2D eigenvalue weighted by Crippen LogP contribution is 2.38. The summed E-state index contributed by atoms with van der Waals surface area (Å²) in [7, 11) is 1.36. The number of benzene rings is 1. The molecule has 1 heterocycles. The molecule has 0 amide bonds. The van der Waals surface area contributed by atoms with Crippen LogP contribution in [0.5, 0.6) is 0 Å². The SMILES string of the molecule is COC(=O)c1sc(-c2ccccc2)c(C)c1N. The number of carbonyl (C=O) groups is 1. The minimum Gasteiger partial charge on any atom is -0.465 e. The molecule has 0 radical (unpaired) electrons. The molecule has 4 heteroatoms. The average molecular weight is 247 g/mol. The summed E-state index contributed by atoms with van der Waals surface area (Å²) in [5.74, 6) is -0.377. The molecule has 2 rings (SSSR count). The third-order valence-electron chi connectivity index (χ3n) is 2.60. The van der Waals surface area contributed by atoms with Crippen molar-refractivity contribution in [3.05, 3.63) is 40.8 Å². The summed E-state index contributed by atoms with van der Waals surface area (Å²) in [6.07, 6.45) is 0. The Morgan fingerprint density at radius 1 is 1.29 bits per heavy atom. The lowest BCUT2D eigenvalue weighted by molar-refractivity contribution is 0.0607. The Labute approximate surface area is 104 Å². The molecule has 1 aromatic heterocycles. The topological polar surface area (TPSA) is 52.3 Å². The van der Waals surface area contributed by atoms with Gasteiger partial charge < -0.3 is 10.5 Å². The van der Waals surface area contributed by atoms with E-state index in [1.165, 1.54) is 18.4 Å². The van der Waals surface area contributed by atoms with E-state index in [9.17, 15) is 4.79 Å². The third kappa shape index (κ3) is 2.03. The first-order chi connectivity index (χ1) is 8.15. The lowest BCUT2D eigenvalue weighted by Gasteiger charge is -1.98. The highest BCUT2D eigenvalue weighted by atomic mass is 32.1. The Morgan fingerprint density at radius 3 is 2.53 bits per heavy atom. The predicted molar refractivity (Wildman–Crippen MR) is 70.2 cm³/mol. The number of anilines is 1. The molecule has 0 saturated carbocycles. The van der Waals surface area contributed by atoms with Crippen molar-refractivity contribution in [3.8, 4) is 10.4 Å². The fourth-order valence-corrected chi connectivity index (χ4v) is 2.79. The fraction of sp³-hybridized carbons (Fsp3) is 0.154. The largest absolute Gasteiger partial charge is 0.465 e. The van der Waals surface area contributed by atoms with Crippen molar-refractivity contribution in [1.29, 1.82) is 0 Å². The lowest BCUT2D eigenvalue weighted by Crippen LogP contribution is -2.01.